The van der Waals surface area contributed by atoms with E-state index >= 15 is 0 Å². The molecule has 1 atom stereocenters. The zero-order chi connectivity index (χ0) is 20.1. The Bertz CT molecular complexity index is 1190. The summed E-state index contributed by atoms with van der Waals surface area (Å²) >= 11 is 1.68. The molecule has 0 aliphatic heterocycles. The zero-order valence-corrected chi connectivity index (χ0v) is 16.9. The second-order valence-corrected chi connectivity index (χ2v) is 8.53. The van der Waals surface area contributed by atoms with E-state index in [-0.39, 0.29) is 5.91 Å². The lowest BCUT2D eigenvalue weighted by Gasteiger charge is -2.10. The van der Waals surface area contributed by atoms with E-state index in [9.17, 15) is 9.90 Å². The Morgan fingerprint density at radius 3 is 2.72 bits per heavy atom. The molecule has 1 aromatic carbocycles. The summed E-state index contributed by atoms with van der Waals surface area (Å²) in [6.07, 6.45) is 6.71. The van der Waals surface area contributed by atoms with Gasteiger partial charge in [-0.1, -0.05) is 5.21 Å². The van der Waals surface area contributed by atoms with E-state index in [0.29, 0.717) is 17.2 Å². The van der Waals surface area contributed by atoms with Gasteiger partial charge in [0.1, 0.15) is 23.0 Å². The molecular weight excluding hydrogens is 388 g/mol. The number of aliphatic hydroxyl groups is 1. The Morgan fingerprint density at radius 1 is 1.28 bits per heavy atom. The van der Waals surface area contributed by atoms with E-state index in [0.717, 1.165) is 29.1 Å². The van der Waals surface area contributed by atoms with Gasteiger partial charge < -0.3 is 10.0 Å². The fourth-order valence-electron chi connectivity index (χ4n) is 3.41. The SMILES string of the molecule is CN(C)C(=O)c1ccc(-n2cc(C(O)c3c(C4CC4)sc4cncn34)nn2)cc1. The predicted molar refractivity (Wildman–Crippen MR) is 108 cm³/mol. The Hall–Kier alpha value is -3.04. The number of rotatable bonds is 5. The van der Waals surface area contributed by atoms with Gasteiger partial charge in [0.15, 0.2) is 0 Å². The van der Waals surface area contributed by atoms with Gasteiger partial charge in [-0.05, 0) is 43.0 Å². The third-order valence-electron chi connectivity index (χ3n) is 5.11. The van der Waals surface area contributed by atoms with Crippen molar-refractivity contribution in [2.75, 3.05) is 14.1 Å². The number of carbonyl (C=O) groups excluding carboxylic acids is 1. The maximum Gasteiger partial charge on any atom is 0.253 e. The summed E-state index contributed by atoms with van der Waals surface area (Å²) in [5, 5.41) is 19.5. The quantitative estimate of drug-likeness (QED) is 0.548. The molecule has 148 valence electrons. The monoisotopic (exact) mass is 408 g/mol. The van der Waals surface area contributed by atoms with Gasteiger partial charge in [0, 0.05) is 24.5 Å². The zero-order valence-electron chi connectivity index (χ0n) is 16.1. The highest BCUT2D eigenvalue weighted by atomic mass is 32.1. The van der Waals surface area contributed by atoms with Crippen LogP contribution in [-0.2, 0) is 0 Å². The lowest BCUT2D eigenvalue weighted by Crippen LogP contribution is -2.21. The Balaban J connectivity index is 1.45. The van der Waals surface area contributed by atoms with Crippen LogP contribution in [0.25, 0.3) is 10.5 Å². The first-order chi connectivity index (χ1) is 14.0. The normalized spacial score (nSPS) is 15.0. The van der Waals surface area contributed by atoms with E-state index in [4.69, 9.17) is 0 Å². The molecule has 1 amide bonds. The molecule has 1 aliphatic rings. The fraction of sp³-hybridized carbons (Fsp3) is 0.300. The van der Waals surface area contributed by atoms with Gasteiger partial charge in [-0.3, -0.25) is 9.20 Å². The van der Waals surface area contributed by atoms with E-state index in [1.807, 2.05) is 22.7 Å². The topological polar surface area (TPSA) is 88.5 Å². The van der Waals surface area contributed by atoms with E-state index in [1.54, 1.807) is 54.8 Å². The number of carbonyl (C=O) groups is 1. The minimum absolute atomic E-state index is 0.0549. The molecule has 0 spiro atoms. The van der Waals surface area contributed by atoms with Crippen LogP contribution in [0, 0.1) is 0 Å². The summed E-state index contributed by atoms with van der Waals surface area (Å²) in [6.45, 7) is 0. The molecule has 1 unspecified atom stereocenters. The number of amides is 1. The van der Waals surface area contributed by atoms with Crippen LogP contribution in [0.5, 0.6) is 0 Å². The third kappa shape index (κ3) is 3.12. The lowest BCUT2D eigenvalue weighted by atomic mass is 10.1. The molecule has 9 heteroatoms. The van der Waals surface area contributed by atoms with Crippen molar-refractivity contribution < 1.29 is 9.90 Å². The van der Waals surface area contributed by atoms with Crippen molar-refractivity contribution in [2.24, 2.45) is 0 Å². The molecule has 0 saturated heterocycles. The van der Waals surface area contributed by atoms with E-state index < -0.39 is 6.10 Å². The lowest BCUT2D eigenvalue weighted by molar-refractivity contribution is 0.0827. The molecular formula is C20H20N6O2S. The maximum absolute atomic E-state index is 12.0. The number of aliphatic hydroxyl groups excluding tert-OH is 1. The molecule has 29 heavy (non-hydrogen) atoms. The van der Waals surface area contributed by atoms with Gasteiger partial charge in [0.05, 0.1) is 23.8 Å². The van der Waals surface area contributed by atoms with Crippen molar-refractivity contribution in [3.8, 4) is 5.69 Å². The van der Waals surface area contributed by atoms with Crippen LogP contribution in [0.1, 0.15) is 51.5 Å². The van der Waals surface area contributed by atoms with Crippen molar-refractivity contribution in [1.29, 1.82) is 0 Å². The number of imidazole rings is 1. The molecule has 1 N–H and O–H groups in total. The molecule has 1 aliphatic carbocycles. The molecule has 3 heterocycles. The highest BCUT2D eigenvalue weighted by Crippen LogP contribution is 2.47. The van der Waals surface area contributed by atoms with Gasteiger partial charge in [-0.2, -0.15) is 0 Å². The first-order valence-corrected chi connectivity index (χ1v) is 10.2. The first kappa shape index (κ1) is 18.0. The Morgan fingerprint density at radius 2 is 2.03 bits per heavy atom. The molecule has 3 aromatic heterocycles. The number of fused-ring (bicyclic) bond motifs is 1. The summed E-state index contributed by atoms with van der Waals surface area (Å²) in [7, 11) is 3.44. The number of nitrogens with zero attached hydrogens (tertiary/aromatic N) is 6. The summed E-state index contributed by atoms with van der Waals surface area (Å²) in [4.78, 5) is 20.0. The molecule has 0 radical (unpaired) electrons. The van der Waals surface area contributed by atoms with Crippen molar-refractivity contribution in [3.63, 3.8) is 0 Å². The minimum atomic E-state index is -0.878. The predicted octanol–water partition coefficient (Wildman–Crippen LogP) is 2.64. The van der Waals surface area contributed by atoms with Crippen molar-refractivity contribution in [3.05, 3.63) is 64.8 Å². The van der Waals surface area contributed by atoms with Gasteiger partial charge >= 0.3 is 0 Å². The van der Waals surface area contributed by atoms with Gasteiger partial charge in [-0.25, -0.2) is 9.67 Å². The standard InChI is InChI=1S/C20H20N6O2S/c1-24(2)20(28)13-5-7-14(8-6-13)26-10-15(22-23-26)18(27)17-19(12-3-4-12)29-16-9-21-11-25(16)17/h5-12,18,27H,3-4H2,1-2H3. The second-order valence-electron chi connectivity index (χ2n) is 7.46. The number of benzene rings is 1. The summed E-state index contributed by atoms with van der Waals surface area (Å²) in [6, 6.07) is 7.15. The van der Waals surface area contributed by atoms with Crippen LogP contribution in [-0.4, -0.2) is 54.4 Å². The van der Waals surface area contributed by atoms with Crippen LogP contribution in [0.3, 0.4) is 0 Å². The van der Waals surface area contributed by atoms with Gasteiger partial charge in [0.2, 0.25) is 0 Å². The number of aromatic nitrogens is 5. The average Bonchev–Trinajstić information content (AvgIpc) is 3.14. The highest BCUT2D eigenvalue weighted by molar-refractivity contribution is 7.17. The molecule has 0 bridgehead atoms. The van der Waals surface area contributed by atoms with Crippen LogP contribution in [0.4, 0.5) is 0 Å². The second kappa shape index (κ2) is 6.78. The molecule has 1 saturated carbocycles. The van der Waals surface area contributed by atoms with Crippen LogP contribution in [0.2, 0.25) is 0 Å². The van der Waals surface area contributed by atoms with Crippen LogP contribution >= 0.6 is 11.3 Å². The van der Waals surface area contributed by atoms with Crippen LogP contribution < -0.4 is 0 Å². The van der Waals surface area contributed by atoms with Crippen molar-refractivity contribution in [2.45, 2.75) is 24.9 Å². The molecule has 4 aromatic rings. The summed E-state index contributed by atoms with van der Waals surface area (Å²) < 4.78 is 3.56. The molecule has 8 nitrogen and oxygen atoms in total. The van der Waals surface area contributed by atoms with E-state index in [1.165, 1.54) is 9.78 Å². The number of hydrogen-bond donors (Lipinski definition) is 1. The third-order valence-corrected chi connectivity index (χ3v) is 6.39. The van der Waals surface area contributed by atoms with E-state index in [2.05, 4.69) is 15.3 Å². The maximum atomic E-state index is 12.0. The Labute approximate surface area is 171 Å². The summed E-state index contributed by atoms with van der Waals surface area (Å²) in [5.41, 5.74) is 2.69. The van der Waals surface area contributed by atoms with Gasteiger partial charge in [0.25, 0.3) is 5.91 Å². The largest absolute Gasteiger partial charge is 0.380 e. The minimum Gasteiger partial charge on any atom is -0.380 e. The average molecular weight is 408 g/mol. The van der Waals surface area contributed by atoms with Crippen LogP contribution in [0.15, 0.2) is 43.0 Å². The Kier molecular flexibility index (Phi) is 4.21. The highest BCUT2D eigenvalue weighted by Gasteiger charge is 2.33. The smallest absolute Gasteiger partial charge is 0.253 e. The number of hydrogen-bond acceptors (Lipinski definition) is 6. The van der Waals surface area contributed by atoms with Crippen molar-refractivity contribution >= 4 is 22.1 Å². The summed E-state index contributed by atoms with van der Waals surface area (Å²) in [5.74, 6) is 0.460. The first-order valence-electron chi connectivity index (χ1n) is 9.40. The fourth-order valence-corrected chi connectivity index (χ4v) is 4.71. The molecule has 1 fully saturated rings. The number of thiazole rings is 1. The molecule has 5 rings (SSSR count). The van der Waals surface area contributed by atoms with Crippen molar-refractivity contribution in [1.82, 2.24) is 29.3 Å². The van der Waals surface area contributed by atoms with Gasteiger partial charge in [-0.15, -0.1) is 16.4 Å².